The molecule has 0 spiro atoms. The van der Waals surface area contributed by atoms with Crippen molar-refractivity contribution in [3.63, 3.8) is 0 Å². The van der Waals surface area contributed by atoms with Crippen LogP contribution in [-0.2, 0) is 23.3 Å². The van der Waals surface area contributed by atoms with E-state index in [2.05, 4.69) is 10.3 Å². The van der Waals surface area contributed by atoms with Gasteiger partial charge < -0.3 is 9.73 Å². The highest BCUT2D eigenvalue weighted by atomic mass is 32.2. The molecule has 5 aromatic rings. The van der Waals surface area contributed by atoms with Crippen molar-refractivity contribution in [3.05, 3.63) is 82.6 Å². The Bertz CT molecular complexity index is 1860. The lowest BCUT2D eigenvalue weighted by Gasteiger charge is -2.20. The number of hydrogen-bond donors (Lipinski definition) is 1. The number of halogens is 3. The van der Waals surface area contributed by atoms with Crippen LogP contribution in [0, 0.1) is 5.82 Å². The van der Waals surface area contributed by atoms with E-state index < -0.39 is 22.7 Å². The summed E-state index contributed by atoms with van der Waals surface area (Å²) in [6.45, 7) is 0. The number of nitrogens with one attached hydrogen (secondary N) is 1. The van der Waals surface area contributed by atoms with Gasteiger partial charge >= 0.3 is 0 Å². The number of alkyl halides is 2. The second kappa shape index (κ2) is 10.7. The van der Waals surface area contributed by atoms with Gasteiger partial charge in [0, 0.05) is 59.8 Å². The third-order valence-corrected chi connectivity index (χ3v) is 9.58. The molecule has 42 heavy (non-hydrogen) atoms. The Kier molecular flexibility index (Phi) is 7.18. The third kappa shape index (κ3) is 4.90. The molecular formula is C31H26F3N3O3S2. The van der Waals surface area contributed by atoms with Gasteiger partial charge in [-0.05, 0) is 54.8 Å². The summed E-state index contributed by atoms with van der Waals surface area (Å²) in [5.41, 5.74) is 3.68. The van der Waals surface area contributed by atoms with Crippen molar-refractivity contribution in [1.29, 1.82) is 0 Å². The summed E-state index contributed by atoms with van der Waals surface area (Å²) in [7, 11) is 1.79. The fourth-order valence-corrected chi connectivity index (χ4v) is 6.84. The molecule has 216 valence electrons. The molecule has 11 heteroatoms. The van der Waals surface area contributed by atoms with E-state index >= 15 is 0 Å². The van der Waals surface area contributed by atoms with Gasteiger partial charge in [0.05, 0.1) is 11.3 Å². The SMILES string of the molecule is CNC(=O)c1c(-c2ccc(F)cc2)oc2cc(N(C)S(C)=O)c(-c3cccc(-c4nc5c(s4)CCCC5(F)F)c3)cc12. The number of furan rings is 1. The molecule has 2 aromatic heterocycles. The number of rotatable bonds is 6. The van der Waals surface area contributed by atoms with Gasteiger partial charge in [0.2, 0.25) is 0 Å². The molecular weight excluding hydrogens is 583 g/mol. The van der Waals surface area contributed by atoms with E-state index in [0.29, 0.717) is 61.6 Å². The smallest absolute Gasteiger partial charge is 0.290 e. The lowest BCUT2D eigenvalue weighted by molar-refractivity contribution is -0.0251. The zero-order valence-corrected chi connectivity index (χ0v) is 24.6. The number of carbonyl (C=O) groups is 1. The summed E-state index contributed by atoms with van der Waals surface area (Å²) in [5.74, 6) is -3.47. The first-order chi connectivity index (χ1) is 20.1. The normalized spacial score (nSPS) is 14.9. The minimum atomic E-state index is -2.94. The van der Waals surface area contributed by atoms with Gasteiger partial charge in [-0.2, -0.15) is 8.78 Å². The molecule has 6 rings (SSSR count). The molecule has 1 atom stereocenters. The minimum Gasteiger partial charge on any atom is -0.455 e. The molecule has 0 saturated heterocycles. The summed E-state index contributed by atoms with van der Waals surface area (Å²) in [6.07, 6.45) is 2.34. The number of fused-ring (bicyclic) bond motifs is 2. The number of benzene rings is 3. The Morgan fingerprint density at radius 1 is 1.10 bits per heavy atom. The third-order valence-electron chi connectivity index (χ3n) is 7.45. The number of carbonyl (C=O) groups excluding carboxylic acids is 1. The molecule has 0 bridgehead atoms. The number of anilines is 1. The van der Waals surface area contributed by atoms with Gasteiger partial charge in [0.25, 0.3) is 11.8 Å². The van der Waals surface area contributed by atoms with Crippen LogP contribution in [0.3, 0.4) is 0 Å². The quantitative estimate of drug-likeness (QED) is 0.216. The average molecular weight is 610 g/mol. The van der Waals surface area contributed by atoms with Crippen molar-refractivity contribution < 1.29 is 26.6 Å². The van der Waals surface area contributed by atoms with E-state index in [4.69, 9.17) is 4.42 Å². The highest BCUT2D eigenvalue weighted by molar-refractivity contribution is 7.85. The lowest BCUT2D eigenvalue weighted by Crippen LogP contribution is -2.20. The van der Waals surface area contributed by atoms with E-state index in [-0.39, 0.29) is 29.3 Å². The Morgan fingerprint density at radius 3 is 2.52 bits per heavy atom. The maximum absolute atomic E-state index is 14.6. The molecule has 0 aliphatic heterocycles. The summed E-state index contributed by atoms with van der Waals surface area (Å²) in [6, 6.07) is 16.5. The topological polar surface area (TPSA) is 75.4 Å². The molecule has 2 heterocycles. The second-order valence-corrected chi connectivity index (χ2v) is 12.6. The van der Waals surface area contributed by atoms with Crippen molar-refractivity contribution in [1.82, 2.24) is 10.3 Å². The van der Waals surface area contributed by atoms with Crippen LogP contribution in [0.15, 0.2) is 65.1 Å². The Hall–Kier alpha value is -3.96. The van der Waals surface area contributed by atoms with E-state index in [1.54, 1.807) is 29.7 Å². The van der Waals surface area contributed by atoms with Crippen molar-refractivity contribution in [2.45, 2.75) is 25.2 Å². The number of aryl methyl sites for hydroxylation is 1. The molecule has 0 saturated carbocycles. The highest BCUT2D eigenvalue weighted by Gasteiger charge is 2.40. The minimum absolute atomic E-state index is 0.135. The first-order valence-electron chi connectivity index (χ1n) is 13.2. The average Bonchev–Trinajstić information content (AvgIpc) is 3.59. The molecule has 0 radical (unpaired) electrons. The van der Waals surface area contributed by atoms with Gasteiger partial charge in [-0.1, -0.05) is 18.2 Å². The number of amides is 1. The fourth-order valence-electron chi connectivity index (χ4n) is 5.26. The maximum Gasteiger partial charge on any atom is 0.290 e. The van der Waals surface area contributed by atoms with Crippen LogP contribution in [0.1, 0.15) is 33.8 Å². The molecule has 1 amide bonds. The predicted octanol–water partition coefficient (Wildman–Crippen LogP) is 7.55. The Labute approximate surface area is 246 Å². The van der Waals surface area contributed by atoms with Gasteiger partial charge in [-0.3, -0.25) is 9.10 Å². The zero-order chi connectivity index (χ0) is 29.8. The van der Waals surface area contributed by atoms with Crippen molar-refractivity contribution in [2.75, 3.05) is 24.7 Å². The number of aromatic nitrogens is 1. The monoisotopic (exact) mass is 609 g/mol. The fraction of sp³-hybridized carbons (Fsp3) is 0.226. The van der Waals surface area contributed by atoms with Crippen LogP contribution in [0.25, 0.3) is 44.0 Å². The largest absolute Gasteiger partial charge is 0.455 e. The van der Waals surface area contributed by atoms with E-state index in [1.807, 2.05) is 24.3 Å². The van der Waals surface area contributed by atoms with Gasteiger partial charge in [0.15, 0.2) is 0 Å². The molecule has 3 aromatic carbocycles. The second-order valence-electron chi connectivity index (χ2n) is 10.1. The molecule has 0 fully saturated rings. The first kappa shape index (κ1) is 28.2. The Balaban J connectivity index is 1.56. The van der Waals surface area contributed by atoms with Crippen LogP contribution in [-0.4, -0.2) is 35.5 Å². The summed E-state index contributed by atoms with van der Waals surface area (Å²) < 4.78 is 63.2. The molecule has 1 aliphatic rings. The summed E-state index contributed by atoms with van der Waals surface area (Å²) in [4.78, 5) is 18.1. The van der Waals surface area contributed by atoms with Crippen molar-refractivity contribution in [3.8, 4) is 33.0 Å². The first-order valence-corrected chi connectivity index (χ1v) is 15.5. The van der Waals surface area contributed by atoms with Gasteiger partial charge in [0.1, 0.15) is 38.8 Å². The molecule has 1 N–H and O–H groups in total. The summed E-state index contributed by atoms with van der Waals surface area (Å²) >= 11 is 1.28. The van der Waals surface area contributed by atoms with Gasteiger partial charge in [-0.25, -0.2) is 13.6 Å². The maximum atomic E-state index is 14.6. The van der Waals surface area contributed by atoms with E-state index in [9.17, 15) is 22.2 Å². The van der Waals surface area contributed by atoms with Crippen molar-refractivity contribution >= 4 is 44.9 Å². The standard InChI is InChI=1S/C31H26F3N3O3S2/c1-35-29(38)26-22-15-21(18-6-4-7-19(14-18)30-36-28-25(41-30)8-5-13-31(28,33)34)23(37(2)42(3)39)16-24(22)40-27(26)17-9-11-20(32)12-10-17/h4,6-7,9-12,14-16H,5,8,13H2,1-3H3,(H,35,38). The molecule has 1 aliphatic carbocycles. The van der Waals surface area contributed by atoms with Crippen LogP contribution in [0.2, 0.25) is 0 Å². The van der Waals surface area contributed by atoms with Crippen LogP contribution >= 0.6 is 11.3 Å². The van der Waals surface area contributed by atoms with E-state index in [0.717, 1.165) is 0 Å². The highest BCUT2D eigenvalue weighted by Crippen LogP contribution is 2.45. The van der Waals surface area contributed by atoms with Crippen LogP contribution in [0.5, 0.6) is 0 Å². The summed E-state index contributed by atoms with van der Waals surface area (Å²) in [5, 5.41) is 3.67. The van der Waals surface area contributed by atoms with E-state index in [1.165, 1.54) is 42.6 Å². The van der Waals surface area contributed by atoms with Crippen LogP contribution < -0.4 is 9.62 Å². The van der Waals surface area contributed by atoms with Crippen molar-refractivity contribution in [2.24, 2.45) is 0 Å². The Morgan fingerprint density at radius 2 is 1.83 bits per heavy atom. The zero-order valence-electron chi connectivity index (χ0n) is 23.0. The molecule has 6 nitrogen and oxygen atoms in total. The van der Waals surface area contributed by atoms with Gasteiger partial charge in [-0.15, -0.1) is 11.3 Å². The number of thiazole rings is 1. The molecule has 1 unspecified atom stereocenters. The van der Waals surface area contributed by atoms with Crippen LogP contribution in [0.4, 0.5) is 18.9 Å². The number of hydrogen-bond acceptors (Lipinski definition) is 5. The predicted molar refractivity (Wildman–Crippen MR) is 161 cm³/mol. The number of nitrogens with zero attached hydrogens (tertiary/aromatic N) is 2. The lowest BCUT2D eigenvalue weighted by atomic mass is 9.97.